The second-order valence-electron chi connectivity index (χ2n) is 4.80. The van der Waals surface area contributed by atoms with Gasteiger partial charge in [0.25, 0.3) is 0 Å². The van der Waals surface area contributed by atoms with Crippen molar-refractivity contribution in [3.8, 4) is 11.5 Å². The van der Waals surface area contributed by atoms with E-state index in [0.29, 0.717) is 22.6 Å². The van der Waals surface area contributed by atoms with Crippen LogP contribution in [-0.2, 0) is 0 Å². The van der Waals surface area contributed by atoms with Crippen LogP contribution >= 0.6 is 11.8 Å². The Labute approximate surface area is 139 Å². The van der Waals surface area contributed by atoms with Gasteiger partial charge in [0.15, 0.2) is 11.6 Å². The highest BCUT2D eigenvalue weighted by molar-refractivity contribution is 8.00. The van der Waals surface area contributed by atoms with Crippen molar-refractivity contribution in [2.24, 2.45) is 0 Å². The Kier molecular flexibility index (Phi) is 6.23. The first-order valence-corrected chi connectivity index (χ1v) is 8.21. The Hall–Kier alpha value is -2.27. The fraction of sp³-hybridized carbons (Fsp3) is 0.222. The highest BCUT2D eigenvalue weighted by Gasteiger charge is 2.10. The summed E-state index contributed by atoms with van der Waals surface area (Å²) in [5.41, 5.74) is 1.24. The summed E-state index contributed by atoms with van der Waals surface area (Å²) in [5.74, 6) is 1.97. The number of thioether (sulfide) groups is 1. The van der Waals surface area contributed by atoms with Crippen LogP contribution in [0.25, 0.3) is 0 Å². The van der Waals surface area contributed by atoms with Gasteiger partial charge in [-0.2, -0.15) is 0 Å². The molecule has 23 heavy (non-hydrogen) atoms. The second kappa shape index (κ2) is 8.39. The molecule has 0 amide bonds. The predicted octanol–water partition coefficient (Wildman–Crippen LogP) is 3.50. The van der Waals surface area contributed by atoms with Gasteiger partial charge < -0.3 is 9.47 Å². The van der Waals surface area contributed by atoms with Gasteiger partial charge in [-0.15, -0.1) is 11.8 Å². The molecule has 0 heterocycles. The van der Waals surface area contributed by atoms with Crippen LogP contribution in [0.15, 0.2) is 48.5 Å². The number of carbonyl (C=O) groups excluding carboxylic acids is 2. The van der Waals surface area contributed by atoms with Crippen LogP contribution in [0.2, 0.25) is 0 Å². The van der Waals surface area contributed by atoms with E-state index in [0.717, 1.165) is 0 Å². The van der Waals surface area contributed by atoms with Gasteiger partial charge in [-0.05, 0) is 48.5 Å². The molecule has 2 rings (SSSR count). The fourth-order valence-corrected chi connectivity index (χ4v) is 2.76. The molecule has 0 bridgehead atoms. The SMILES string of the molecule is COc1ccc(C(=O)CSCC(=O)c2ccc(OC)cc2)cc1. The maximum Gasteiger partial charge on any atom is 0.172 e. The third kappa shape index (κ3) is 4.86. The molecule has 4 nitrogen and oxygen atoms in total. The second-order valence-corrected chi connectivity index (χ2v) is 5.78. The van der Waals surface area contributed by atoms with Gasteiger partial charge in [0.05, 0.1) is 25.7 Å². The van der Waals surface area contributed by atoms with Gasteiger partial charge in [-0.1, -0.05) is 0 Å². The molecule has 0 fully saturated rings. The zero-order valence-electron chi connectivity index (χ0n) is 13.1. The van der Waals surface area contributed by atoms with Crippen LogP contribution in [0.5, 0.6) is 11.5 Å². The quantitative estimate of drug-likeness (QED) is 0.693. The van der Waals surface area contributed by atoms with Crippen molar-refractivity contribution >= 4 is 23.3 Å². The number of hydrogen-bond donors (Lipinski definition) is 0. The number of rotatable bonds is 8. The average molecular weight is 330 g/mol. The van der Waals surface area contributed by atoms with E-state index in [1.54, 1.807) is 62.8 Å². The molecule has 0 saturated heterocycles. The molecule has 2 aromatic carbocycles. The molecular formula is C18H18O4S. The van der Waals surface area contributed by atoms with Crippen molar-refractivity contribution < 1.29 is 19.1 Å². The molecule has 0 atom stereocenters. The predicted molar refractivity (Wildman–Crippen MR) is 92.0 cm³/mol. The van der Waals surface area contributed by atoms with Crippen LogP contribution in [0.1, 0.15) is 20.7 Å². The zero-order chi connectivity index (χ0) is 16.7. The van der Waals surface area contributed by atoms with Crippen molar-refractivity contribution in [3.63, 3.8) is 0 Å². The number of ketones is 2. The number of ether oxygens (including phenoxy) is 2. The first-order chi connectivity index (χ1) is 11.1. The lowest BCUT2D eigenvalue weighted by Crippen LogP contribution is -2.07. The van der Waals surface area contributed by atoms with Gasteiger partial charge >= 0.3 is 0 Å². The van der Waals surface area contributed by atoms with E-state index in [-0.39, 0.29) is 23.1 Å². The van der Waals surface area contributed by atoms with Gasteiger partial charge in [0.2, 0.25) is 0 Å². The minimum atomic E-state index is 0.000170. The largest absolute Gasteiger partial charge is 0.497 e. The standard InChI is InChI=1S/C18H18O4S/c1-21-15-7-3-13(4-8-15)17(19)11-23-12-18(20)14-5-9-16(22-2)10-6-14/h3-10H,11-12H2,1-2H3. The normalized spacial score (nSPS) is 10.2. The van der Waals surface area contributed by atoms with Crippen LogP contribution in [-0.4, -0.2) is 37.3 Å². The summed E-state index contributed by atoms with van der Waals surface area (Å²) in [6.45, 7) is 0. The molecule has 120 valence electrons. The third-order valence-electron chi connectivity index (χ3n) is 3.29. The van der Waals surface area contributed by atoms with E-state index in [1.807, 2.05) is 0 Å². The summed E-state index contributed by atoms with van der Waals surface area (Å²) in [4.78, 5) is 24.1. The number of benzene rings is 2. The first kappa shape index (κ1) is 17.1. The Morgan fingerprint density at radius 1 is 0.739 bits per heavy atom. The minimum Gasteiger partial charge on any atom is -0.497 e. The Morgan fingerprint density at radius 3 is 1.39 bits per heavy atom. The average Bonchev–Trinajstić information content (AvgIpc) is 2.61. The topological polar surface area (TPSA) is 52.6 Å². The zero-order valence-corrected chi connectivity index (χ0v) is 13.9. The third-order valence-corrected chi connectivity index (χ3v) is 4.22. The first-order valence-electron chi connectivity index (χ1n) is 7.06. The van der Waals surface area contributed by atoms with E-state index < -0.39 is 0 Å². The summed E-state index contributed by atoms with van der Waals surface area (Å²) in [6.07, 6.45) is 0. The molecule has 0 saturated carbocycles. The van der Waals surface area contributed by atoms with E-state index in [9.17, 15) is 9.59 Å². The molecule has 0 aliphatic rings. The fourth-order valence-electron chi connectivity index (χ4n) is 1.96. The Balaban J connectivity index is 1.83. The van der Waals surface area contributed by atoms with Gasteiger partial charge in [-0.3, -0.25) is 9.59 Å². The number of Topliss-reactive ketones (excluding diaryl/α,β-unsaturated/α-hetero) is 2. The van der Waals surface area contributed by atoms with Gasteiger partial charge in [0.1, 0.15) is 11.5 Å². The summed E-state index contributed by atoms with van der Waals surface area (Å²) in [6, 6.07) is 13.9. The lowest BCUT2D eigenvalue weighted by atomic mass is 10.1. The lowest BCUT2D eigenvalue weighted by Gasteiger charge is -2.04. The molecule has 0 unspecified atom stereocenters. The molecule has 0 aliphatic heterocycles. The van der Waals surface area contributed by atoms with Crippen LogP contribution < -0.4 is 9.47 Å². The molecule has 0 aliphatic carbocycles. The van der Waals surface area contributed by atoms with Crippen molar-refractivity contribution in [1.82, 2.24) is 0 Å². The van der Waals surface area contributed by atoms with E-state index in [1.165, 1.54) is 11.8 Å². The highest BCUT2D eigenvalue weighted by Crippen LogP contribution is 2.16. The van der Waals surface area contributed by atoms with Gasteiger partial charge in [-0.25, -0.2) is 0 Å². The van der Waals surface area contributed by atoms with E-state index >= 15 is 0 Å². The Morgan fingerprint density at radius 2 is 1.09 bits per heavy atom. The van der Waals surface area contributed by atoms with E-state index in [2.05, 4.69) is 0 Å². The van der Waals surface area contributed by atoms with Crippen LogP contribution in [0.4, 0.5) is 0 Å². The van der Waals surface area contributed by atoms with E-state index in [4.69, 9.17) is 9.47 Å². The molecule has 5 heteroatoms. The maximum absolute atomic E-state index is 12.1. The number of carbonyl (C=O) groups is 2. The minimum absolute atomic E-state index is 0.000170. The maximum atomic E-state index is 12.1. The molecular weight excluding hydrogens is 312 g/mol. The monoisotopic (exact) mass is 330 g/mol. The number of hydrogen-bond acceptors (Lipinski definition) is 5. The summed E-state index contributed by atoms with van der Waals surface area (Å²) < 4.78 is 10.1. The molecule has 0 aromatic heterocycles. The molecule has 2 aromatic rings. The molecule has 0 radical (unpaired) electrons. The molecule has 0 spiro atoms. The lowest BCUT2D eigenvalue weighted by molar-refractivity contribution is 0.102. The summed E-state index contributed by atoms with van der Waals surface area (Å²) >= 11 is 1.32. The summed E-state index contributed by atoms with van der Waals surface area (Å²) in [7, 11) is 3.16. The van der Waals surface area contributed by atoms with Crippen molar-refractivity contribution in [2.75, 3.05) is 25.7 Å². The van der Waals surface area contributed by atoms with Gasteiger partial charge in [0, 0.05) is 11.1 Å². The van der Waals surface area contributed by atoms with Crippen LogP contribution in [0.3, 0.4) is 0 Å². The van der Waals surface area contributed by atoms with Crippen LogP contribution in [0, 0.1) is 0 Å². The molecule has 0 N–H and O–H groups in total. The smallest absolute Gasteiger partial charge is 0.172 e. The Bertz CT molecular complexity index is 603. The van der Waals surface area contributed by atoms with Crippen molar-refractivity contribution in [3.05, 3.63) is 59.7 Å². The van der Waals surface area contributed by atoms with Crippen molar-refractivity contribution in [1.29, 1.82) is 0 Å². The number of methoxy groups -OCH3 is 2. The van der Waals surface area contributed by atoms with Crippen molar-refractivity contribution in [2.45, 2.75) is 0 Å². The highest BCUT2D eigenvalue weighted by atomic mass is 32.2. The summed E-state index contributed by atoms with van der Waals surface area (Å²) in [5, 5.41) is 0.